The van der Waals surface area contributed by atoms with Crippen LogP contribution in [0.5, 0.6) is 0 Å². The molecule has 4 rings (SSSR count). The van der Waals surface area contributed by atoms with E-state index < -0.39 is 0 Å². The van der Waals surface area contributed by atoms with Crippen LogP contribution in [-0.4, -0.2) is 13.1 Å². The second kappa shape index (κ2) is 5.99. The predicted molar refractivity (Wildman–Crippen MR) is 95.6 cm³/mol. The van der Waals surface area contributed by atoms with Gasteiger partial charge in [0.05, 0.1) is 24.4 Å². The second-order valence-electron chi connectivity index (χ2n) is 6.29. The van der Waals surface area contributed by atoms with Crippen LogP contribution in [0.25, 0.3) is 0 Å². The molecule has 0 fully saturated rings. The molecule has 2 aliphatic rings. The Kier molecular flexibility index (Phi) is 3.81. The summed E-state index contributed by atoms with van der Waals surface area (Å²) in [6.07, 6.45) is 5.49. The Morgan fingerprint density at radius 1 is 1.25 bits per heavy atom. The van der Waals surface area contributed by atoms with E-state index in [1.54, 1.807) is 0 Å². The molecule has 3 nitrogen and oxygen atoms in total. The minimum absolute atomic E-state index is 0.113. The number of hydrogen-bond donors (Lipinski definition) is 1. The first-order valence-corrected chi connectivity index (χ1v) is 8.46. The molecule has 1 aliphatic carbocycles. The number of anilines is 1. The first kappa shape index (κ1) is 15.3. The standard InChI is InChI=1S/C20H18ClNO2/c1-24-20(23)17-10-4-9-16-14-7-3-8-15(14)18(22-19(16)17)12-5-2-6-13(21)11-12/h2-7,9-11,14-15,18,22H,8H2,1H3. The maximum absolute atomic E-state index is 12.2. The Morgan fingerprint density at radius 2 is 2.08 bits per heavy atom. The molecule has 4 heteroatoms. The van der Waals surface area contributed by atoms with E-state index in [9.17, 15) is 4.79 Å². The zero-order chi connectivity index (χ0) is 16.7. The molecule has 1 N–H and O–H groups in total. The number of esters is 1. The summed E-state index contributed by atoms with van der Waals surface area (Å²) in [7, 11) is 1.41. The van der Waals surface area contributed by atoms with E-state index in [0.717, 1.165) is 28.3 Å². The van der Waals surface area contributed by atoms with Gasteiger partial charge in [0.1, 0.15) is 0 Å². The quantitative estimate of drug-likeness (QED) is 0.621. The van der Waals surface area contributed by atoms with Crippen molar-refractivity contribution in [2.45, 2.75) is 18.4 Å². The average molecular weight is 340 g/mol. The molecule has 0 radical (unpaired) electrons. The fourth-order valence-electron chi connectivity index (χ4n) is 3.93. The topological polar surface area (TPSA) is 38.3 Å². The molecule has 0 saturated heterocycles. The van der Waals surface area contributed by atoms with Crippen molar-refractivity contribution in [3.05, 3.63) is 76.3 Å². The number of halogens is 1. The van der Waals surface area contributed by atoms with Crippen molar-refractivity contribution in [2.24, 2.45) is 5.92 Å². The van der Waals surface area contributed by atoms with Gasteiger partial charge >= 0.3 is 5.97 Å². The van der Waals surface area contributed by atoms with Gasteiger partial charge in [-0.15, -0.1) is 0 Å². The molecule has 3 atom stereocenters. The van der Waals surface area contributed by atoms with Crippen LogP contribution in [0.1, 0.15) is 39.9 Å². The number of carbonyl (C=O) groups excluding carboxylic acids is 1. The maximum Gasteiger partial charge on any atom is 0.339 e. The maximum atomic E-state index is 12.2. The summed E-state index contributed by atoms with van der Waals surface area (Å²) in [5, 5.41) is 4.32. The third-order valence-electron chi connectivity index (χ3n) is 5.01. The summed E-state index contributed by atoms with van der Waals surface area (Å²) in [6.45, 7) is 0. The molecule has 122 valence electrons. The molecule has 0 spiro atoms. The average Bonchev–Trinajstić information content (AvgIpc) is 3.09. The summed E-state index contributed by atoms with van der Waals surface area (Å²) in [4.78, 5) is 12.2. The summed E-state index contributed by atoms with van der Waals surface area (Å²) < 4.78 is 4.96. The number of fused-ring (bicyclic) bond motifs is 3. The monoisotopic (exact) mass is 339 g/mol. The van der Waals surface area contributed by atoms with Gasteiger partial charge in [-0.1, -0.05) is 48.0 Å². The lowest BCUT2D eigenvalue weighted by Gasteiger charge is -2.38. The van der Waals surface area contributed by atoms with Crippen LogP contribution in [0.15, 0.2) is 54.6 Å². The summed E-state index contributed by atoms with van der Waals surface area (Å²) in [5.41, 5.74) is 3.77. The van der Waals surface area contributed by atoms with Gasteiger partial charge in [-0.3, -0.25) is 0 Å². The molecule has 24 heavy (non-hydrogen) atoms. The van der Waals surface area contributed by atoms with Gasteiger partial charge in [0.15, 0.2) is 0 Å². The van der Waals surface area contributed by atoms with Crippen LogP contribution in [0.4, 0.5) is 5.69 Å². The minimum Gasteiger partial charge on any atom is -0.465 e. The molecule has 0 saturated carbocycles. The van der Waals surface area contributed by atoms with Crippen LogP contribution in [-0.2, 0) is 4.74 Å². The molecule has 1 aliphatic heterocycles. The number of nitrogens with one attached hydrogen (secondary N) is 1. The van der Waals surface area contributed by atoms with Crippen molar-refractivity contribution in [1.29, 1.82) is 0 Å². The van der Waals surface area contributed by atoms with Crippen molar-refractivity contribution < 1.29 is 9.53 Å². The molecule has 0 amide bonds. The number of benzene rings is 2. The third-order valence-corrected chi connectivity index (χ3v) is 5.24. The van der Waals surface area contributed by atoms with Crippen molar-refractivity contribution in [3.8, 4) is 0 Å². The SMILES string of the molecule is COC(=O)c1cccc2c1NC(c1cccc(Cl)c1)C1CC=CC21. The van der Waals surface area contributed by atoms with E-state index in [4.69, 9.17) is 16.3 Å². The van der Waals surface area contributed by atoms with E-state index in [2.05, 4.69) is 29.6 Å². The predicted octanol–water partition coefficient (Wildman–Crippen LogP) is 4.95. The normalized spacial score (nSPS) is 24.0. The lowest BCUT2D eigenvalue weighted by atomic mass is 9.76. The molecule has 1 heterocycles. The van der Waals surface area contributed by atoms with Gasteiger partial charge in [0.25, 0.3) is 0 Å². The summed E-state index contributed by atoms with van der Waals surface area (Å²) in [5.74, 6) is 0.406. The van der Waals surface area contributed by atoms with Crippen LogP contribution in [0, 0.1) is 5.92 Å². The van der Waals surface area contributed by atoms with Gasteiger partial charge in [-0.05, 0) is 41.7 Å². The molecule has 2 aromatic rings. The number of hydrogen-bond acceptors (Lipinski definition) is 3. The number of para-hydroxylation sites is 1. The van der Waals surface area contributed by atoms with Gasteiger partial charge in [0, 0.05) is 10.9 Å². The number of carbonyl (C=O) groups is 1. The van der Waals surface area contributed by atoms with Crippen molar-refractivity contribution in [2.75, 3.05) is 12.4 Å². The van der Waals surface area contributed by atoms with Crippen LogP contribution in [0.3, 0.4) is 0 Å². The fraction of sp³-hybridized carbons (Fsp3) is 0.250. The highest BCUT2D eigenvalue weighted by Crippen LogP contribution is 2.50. The Balaban J connectivity index is 1.84. The van der Waals surface area contributed by atoms with Crippen molar-refractivity contribution in [1.82, 2.24) is 0 Å². The number of allylic oxidation sites excluding steroid dienone is 2. The van der Waals surface area contributed by atoms with Crippen LogP contribution >= 0.6 is 11.6 Å². The van der Waals surface area contributed by atoms with Crippen molar-refractivity contribution >= 4 is 23.3 Å². The Hall–Kier alpha value is -2.26. The van der Waals surface area contributed by atoms with Crippen LogP contribution < -0.4 is 5.32 Å². The van der Waals surface area contributed by atoms with E-state index in [0.29, 0.717) is 17.4 Å². The smallest absolute Gasteiger partial charge is 0.339 e. The van der Waals surface area contributed by atoms with E-state index in [-0.39, 0.29) is 12.0 Å². The third kappa shape index (κ3) is 2.40. The van der Waals surface area contributed by atoms with E-state index in [1.807, 2.05) is 30.3 Å². The van der Waals surface area contributed by atoms with E-state index in [1.165, 1.54) is 7.11 Å². The molecule has 0 bridgehead atoms. The highest BCUT2D eigenvalue weighted by molar-refractivity contribution is 6.30. The van der Waals surface area contributed by atoms with E-state index >= 15 is 0 Å². The number of methoxy groups -OCH3 is 1. The van der Waals surface area contributed by atoms with Gasteiger partial charge in [0.2, 0.25) is 0 Å². The first-order chi connectivity index (χ1) is 11.7. The zero-order valence-corrected chi connectivity index (χ0v) is 14.1. The number of ether oxygens (including phenoxy) is 1. The van der Waals surface area contributed by atoms with Crippen molar-refractivity contribution in [3.63, 3.8) is 0 Å². The zero-order valence-electron chi connectivity index (χ0n) is 13.3. The lowest BCUT2D eigenvalue weighted by molar-refractivity contribution is 0.0601. The minimum atomic E-state index is -0.315. The molecular weight excluding hydrogens is 322 g/mol. The summed E-state index contributed by atoms with van der Waals surface area (Å²) >= 11 is 6.19. The summed E-state index contributed by atoms with van der Waals surface area (Å²) in [6, 6.07) is 13.9. The largest absolute Gasteiger partial charge is 0.465 e. The van der Waals surface area contributed by atoms with Crippen LogP contribution in [0.2, 0.25) is 5.02 Å². The Bertz CT molecular complexity index is 830. The molecular formula is C20H18ClNO2. The highest BCUT2D eigenvalue weighted by Gasteiger charge is 2.39. The molecule has 3 unspecified atom stereocenters. The highest BCUT2D eigenvalue weighted by atomic mass is 35.5. The van der Waals surface area contributed by atoms with Gasteiger partial charge in [-0.2, -0.15) is 0 Å². The fourth-order valence-corrected chi connectivity index (χ4v) is 4.13. The first-order valence-electron chi connectivity index (χ1n) is 8.09. The number of rotatable bonds is 2. The molecule has 2 aromatic carbocycles. The Morgan fingerprint density at radius 3 is 2.88 bits per heavy atom. The second-order valence-corrected chi connectivity index (χ2v) is 6.73. The molecule has 0 aromatic heterocycles. The van der Waals surface area contributed by atoms with Gasteiger partial charge in [-0.25, -0.2) is 4.79 Å². The lowest BCUT2D eigenvalue weighted by Crippen LogP contribution is -2.30. The van der Waals surface area contributed by atoms with Gasteiger partial charge < -0.3 is 10.1 Å². The Labute approximate surface area is 146 Å².